The molecule has 0 saturated carbocycles. The van der Waals surface area contributed by atoms with Crippen molar-refractivity contribution >= 4 is 38.2 Å². The van der Waals surface area contributed by atoms with Gasteiger partial charge in [-0.05, 0) is 55.0 Å². The van der Waals surface area contributed by atoms with Gasteiger partial charge in [-0.25, -0.2) is 16.8 Å². The maximum Gasteiger partial charge on any atom is 0.269 e. The fourth-order valence-corrected chi connectivity index (χ4v) is 4.70. The molecule has 164 valence electrons. The molecule has 0 saturated heterocycles. The van der Waals surface area contributed by atoms with Crippen LogP contribution in [0.5, 0.6) is 0 Å². The van der Waals surface area contributed by atoms with Gasteiger partial charge in [0.25, 0.3) is 15.9 Å². The number of carbonyl (C=O) groups excluding carboxylic acids is 1. The molecule has 0 unspecified atom stereocenters. The van der Waals surface area contributed by atoms with E-state index in [9.17, 15) is 17.6 Å². The molecule has 0 bridgehead atoms. The van der Waals surface area contributed by atoms with Gasteiger partial charge in [0.1, 0.15) is 10.7 Å². The van der Waals surface area contributed by atoms with Crippen LogP contribution in [0, 0.1) is 12.7 Å². The maximum absolute atomic E-state index is 14.3. The molecule has 0 spiro atoms. The molecule has 4 rings (SSSR count). The van der Waals surface area contributed by atoms with Gasteiger partial charge in [-0.1, -0.05) is 6.07 Å². The summed E-state index contributed by atoms with van der Waals surface area (Å²) in [5.74, 6) is -0.757. The predicted octanol–water partition coefficient (Wildman–Crippen LogP) is 4.17. The highest BCUT2D eigenvalue weighted by Gasteiger charge is 2.25. The summed E-state index contributed by atoms with van der Waals surface area (Å²) in [5.41, 5.74) is 2.05. The van der Waals surface area contributed by atoms with Crippen LogP contribution in [0.3, 0.4) is 0 Å². The Bertz CT molecular complexity index is 1430. The Kier molecular flexibility index (Phi) is 5.43. The second-order valence-corrected chi connectivity index (χ2v) is 9.39. The van der Waals surface area contributed by atoms with Gasteiger partial charge in [-0.3, -0.25) is 9.78 Å². The zero-order valence-corrected chi connectivity index (χ0v) is 18.5. The molecule has 0 aliphatic heterocycles. The first-order chi connectivity index (χ1) is 15.2. The van der Waals surface area contributed by atoms with Crippen LogP contribution in [0.1, 0.15) is 15.9 Å². The minimum atomic E-state index is -4.03. The fourth-order valence-electron chi connectivity index (χ4n) is 3.38. The van der Waals surface area contributed by atoms with Crippen molar-refractivity contribution in [1.82, 2.24) is 13.9 Å². The molecule has 2 aromatic carbocycles. The van der Waals surface area contributed by atoms with Crippen molar-refractivity contribution in [2.75, 3.05) is 19.4 Å². The molecule has 0 radical (unpaired) electrons. The van der Waals surface area contributed by atoms with Crippen molar-refractivity contribution < 1.29 is 17.6 Å². The highest BCUT2D eigenvalue weighted by Crippen LogP contribution is 2.30. The van der Waals surface area contributed by atoms with Crippen LogP contribution in [0.4, 0.5) is 15.8 Å². The highest BCUT2D eigenvalue weighted by molar-refractivity contribution is 7.90. The molecule has 2 heterocycles. The fraction of sp³-hybridized carbons (Fsp3) is 0.130. The van der Waals surface area contributed by atoms with Gasteiger partial charge in [-0.15, -0.1) is 0 Å². The average molecular weight is 453 g/mol. The van der Waals surface area contributed by atoms with E-state index in [1.54, 1.807) is 51.4 Å². The van der Waals surface area contributed by atoms with Gasteiger partial charge in [0, 0.05) is 43.8 Å². The SMILES string of the molecule is Cc1ccc(Nc2ccc3c(C(=O)N(C)C)cn(S(=O)(=O)c4cccnc4)c3c2)c(F)c1. The molecular formula is C23H21FN4O3S. The van der Waals surface area contributed by atoms with Gasteiger partial charge in [0.2, 0.25) is 0 Å². The zero-order chi connectivity index (χ0) is 23.0. The lowest BCUT2D eigenvalue weighted by atomic mass is 10.1. The third-order valence-electron chi connectivity index (χ3n) is 5.00. The first kappa shape index (κ1) is 21.5. The van der Waals surface area contributed by atoms with Crippen molar-refractivity contribution in [1.29, 1.82) is 0 Å². The second-order valence-electron chi connectivity index (χ2n) is 7.57. The van der Waals surface area contributed by atoms with Crippen LogP contribution in [0.2, 0.25) is 0 Å². The molecule has 4 aromatic rings. The van der Waals surface area contributed by atoms with Gasteiger partial charge in [0.15, 0.2) is 0 Å². The van der Waals surface area contributed by atoms with E-state index in [1.165, 1.54) is 41.7 Å². The third-order valence-corrected chi connectivity index (χ3v) is 6.66. The van der Waals surface area contributed by atoms with E-state index in [4.69, 9.17) is 0 Å². The summed E-state index contributed by atoms with van der Waals surface area (Å²) in [4.78, 5) is 18.0. The van der Waals surface area contributed by atoms with Crippen molar-refractivity contribution in [3.05, 3.63) is 84.1 Å². The Morgan fingerprint density at radius 3 is 2.56 bits per heavy atom. The standard InChI is InChI=1S/C23H21FN4O3S/c1-15-6-9-21(20(24)11-15)26-16-7-8-18-19(23(29)27(2)3)14-28(22(18)12-16)32(30,31)17-5-4-10-25-13-17/h4-14,26H,1-3H3. The van der Waals surface area contributed by atoms with Crippen molar-refractivity contribution in [3.8, 4) is 0 Å². The van der Waals surface area contributed by atoms with Gasteiger partial charge < -0.3 is 10.2 Å². The lowest BCUT2D eigenvalue weighted by Crippen LogP contribution is -2.21. The average Bonchev–Trinajstić information content (AvgIpc) is 3.15. The molecule has 32 heavy (non-hydrogen) atoms. The number of aromatic nitrogens is 2. The number of nitrogens with one attached hydrogen (secondary N) is 1. The summed E-state index contributed by atoms with van der Waals surface area (Å²) in [6, 6.07) is 12.7. The number of rotatable bonds is 5. The summed E-state index contributed by atoms with van der Waals surface area (Å²) in [6.45, 7) is 1.79. The number of aryl methyl sites for hydroxylation is 1. The lowest BCUT2D eigenvalue weighted by Gasteiger charge is -2.11. The monoisotopic (exact) mass is 452 g/mol. The lowest BCUT2D eigenvalue weighted by molar-refractivity contribution is 0.0829. The Labute approximate surface area is 185 Å². The largest absolute Gasteiger partial charge is 0.353 e. The number of hydrogen-bond donors (Lipinski definition) is 1. The van der Waals surface area contributed by atoms with Gasteiger partial charge >= 0.3 is 0 Å². The van der Waals surface area contributed by atoms with E-state index >= 15 is 0 Å². The first-order valence-electron chi connectivity index (χ1n) is 9.74. The zero-order valence-electron chi connectivity index (χ0n) is 17.7. The minimum absolute atomic E-state index is 0.0105. The van der Waals surface area contributed by atoms with Crippen LogP contribution in [-0.4, -0.2) is 42.3 Å². The topological polar surface area (TPSA) is 84.3 Å². The molecular weight excluding hydrogens is 431 g/mol. The second kappa shape index (κ2) is 8.08. The third kappa shape index (κ3) is 3.82. The number of benzene rings is 2. The number of carbonyl (C=O) groups is 1. The maximum atomic E-state index is 14.3. The number of anilines is 2. The van der Waals surface area contributed by atoms with E-state index in [1.807, 2.05) is 0 Å². The number of amides is 1. The molecule has 0 aliphatic rings. The van der Waals surface area contributed by atoms with Crippen LogP contribution in [0.25, 0.3) is 10.9 Å². The molecule has 0 fully saturated rings. The summed E-state index contributed by atoms with van der Waals surface area (Å²) in [6.07, 6.45) is 4.04. The highest BCUT2D eigenvalue weighted by atomic mass is 32.2. The summed E-state index contributed by atoms with van der Waals surface area (Å²) in [5, 5.41) is 3.44. The van der Waals surface area contributed by atoms with Crippen LogP contribution in [0.15, 0.2) is 72.0 Å². The van der Waals surface area contributed by atoms with Crippen molar-refractivity contribution in [2.24, 2.45) is 0 Å². The smallest absolute Gasteiger partial charge is 0.269 e. The number of halogens is 1. The van der Waals surface area contributed by atoms with Crippen LogP contribution >= 0.6 is 0 Å². The van der Waals surface area contributed by atoms with Crippen LogP contribution < -0.4 is 5.32 Å². The number of nitrogens with zero attached hydrogens (tertiary/aromatic N) is 3. The summed E-state index contributed by atoms with van der Waals surface area (Å²) >= 11 is 0. The summed E-state index contributed by atoms with van der Waals surface area (Å²) in [7, 11) is -0.837. The van der Waals surface area contributed by atoms with Gasteiger partial charge in [0.05, 0.1) is 16.8 Å². The number of pyridine rings is 1. The Hall–Kier alpha value is -3.72. The molecule has 1 N–H and O–H groups in total. The van der Waals surface area contributed by atoms with Gasteiger partial charge in [-0.2, -0.15) is 0 Å². The molecule has 1 amide bonds. The van der Waals surface area contributed by atoms with E-state index < -0.39 is 15.8 Å². The number of fused-ring (bicyclic) bond motifs is 1. The van der Waals surface area contributed by atoms with Crippen LogP contribution in [-0.2, 0) is 10.0 Å². The predicted molar refractivity (Wildman–Crippen MR) is 121 cm³/mol. The quantitative estimate of drug-likeness (QED) is 0.491. The molecule has 9 heteroatoms. The van der Waals surface area contributed by atoms with Crippen molar-refractivity contribution in [3.63, 3.8) is 0 Å². The van der Waals surface area contributed by atoms with E-state index in [-0.39, 0.29) is 27.6 Å². The summed E-state index contributed by atoms with van der Waals surface area (Å²) < 4.78 is 42.0. The number of hydrogen-bond acceptors (Lipinski definition) is 5. The minimum Gasteiger partial charge on any atom is -0.353 e. The van der Waals surface area contributed by atoms with E-state index in [0.29, 0.717) is 11.1 Å². The Morgan fingerprint density at radius 2 is 1.91 bits per heavy atom. The first-order valence-corrected chi connectivity index (χ1v) is 11.2. The normalized spacial score (nSPS) is 11.5. The molecule has 7 nitrogen and oxygen atoms in total. The molecule has 0 atom stereocenters. The van der Waals surface area contributed by atoms with E-state index in [0.717, 1.165) is 9.54 Å². The molecule has 0 aliphatic carbocycles. The van der Waals surface area contributed by atoms with Crippen molar-refractivity contribution in [2.45, 2.75) is 11.8 Å². The Balaban J connectivity index is 1.90. The Morgan fingerprint density at radius 1 is 1.12 bits per heavy atom. The van der Waals surface area contributed by atoms with E-state index in [2.05, 4.69) is 10.3 Å². The molecule has 2 aromatic heterocycles.